The molecule has 8 heteroatoms. The molecule has 4 nitrogen and oxygen atoms in total. The molecule has 0 atom stereocenters. The average Bonchev–Trinajstić information content (AvgIpc) is 1.52. The van der Waals surface area contributed by atoms with Crippen LogP contribution in [-0.2, 0) is 10.8 Å². The number of nitrogens with zero attached hydrogens (tertiary/aromatic N) is 4. The van der Waals surface area contributed by atoms with Crippen LogP contribution in [0.5, 0.6) is 0 Å². The van der Waals surface area contributed by atoms with Gasteiger partial charge in [-0.25, -0.2) is 0 Å². The van der Waals surface area contributed by atoms with Crippen LogP contribution < -0.4 is 0 Å². The van der Waals surface area contributed by atoms with E-state index in [1.54, 1.807) is 0 Å². The van der Waals surface area contributed by atoms with E-state index < -0.39 is 10.8 Å². The maximum absolute atomic E-state index is 19.9. The van der Waals surface area contributed by atoms with E-state index in [0.29, 0.717) is 22.3 Å². The number of aromatic nitrogens is 4. The minimum atomic E-state index is -0.651. The number of hydrogen-bond acceptors (Lipinski definition) is 4. The molecule has 2 aromatic heterocycles. The second-order valence-electron chi connectivity index (χ2n) is 28.0. The summed E-state index contributed by atoms with van der Waals surface area (Å²) in [5.74, 6) is -0.295. The van der Waals surface area contributed by atoms with Gasteiger partial charge < -0.3 is 0 Å². The van der Waals surface area contributed by atoms with Gasteiger partial charge in [-0.2, -0.15) is 0 Å². The SMILES string of the molecule is CCCCCCCCCCCCCCC1(CCCCCCCCCCCCCC)c2cc(C)c3n[se]nc3c2-c2c(F)c3c(c(F)c21)-c1c(cc(C)c2n[se]nc12)C3(CCCCCCCCCCCCCC)CCCCCCCCCCCCCC. The average molecular weight is 1310 g/mol. The van der Waals surface area contributed by atoms with Gasteiger partial charge in [0.15, 0.2) is 0 Å². The second-order valence-corrected chi connectivity index (χ2v) is 30.2. The third-order valence-corrected chi connectivity index (χ3v) is 23.4. The molecule has 2 heterocycles. The number of benzene rings is 3. The van der Waals surface area contributed by atoms with Crippen molar-refractivity contribution in [3.8, 4) is 22.3 Å². The number of aryl methyl sites for hydroxylation is 2. The Labute approximate surface area is 538 Å². The van der Waals surface area contributed by atoms with E-state index in [1.807, 2.05) is 0 Å². The maximum atomic E-state index is 19.9. The van der Waals surface area contributed by atoms with Crippen molar-refractivity contribution in [1.82, 2.24) is 15.9 Å². The minimum absolute atomic E-state index is 0.148. The van der Waals surface area contributed by atoms with Crippen LogP contribution in [0.4, 0.5) is 8.78 Å². The predicted molar refractivity (Wildman–Crippen MR) is 371 cm³/mol. The molecule has 3 aromatic carbocycles. The van der Waals surface area contributed by atoms with Gasteiger partial charge in [0.25, 0.3) is 0 Å². The van der Waals surface area contributed by atoms with Crippen LogP contribution in [-0.4, -0.2) is 45.8 Å². The molecular weight excluding hydrogens is 1190 g/mol. The van der Waals surface area contributed by atoms with Gasteiger partial charge in [-0.15, -0.1) is 0 Å². The summed E-state index contributed by atoms with van der Waals surface area (Å²) in [7, 11) is 0. The Morgan fingerprint density at radius 2 is 0.477 bits per heavy atom. The topological polar surface area (TPSA) is 51.6 Å². The first kappa shape index (κ1) is 71.2. The first-order chi connectivity index (χ1) is 42.3. The van der Waals surface area contributed by atoms with E-state index >= 15 is 8.78 Å². The van der Waals surface area contributed by atoms with E-state index in [9.17, 15) is 0 Å². The number of unbranched alkanes of at least 4 members (excludes halogenated alkanes) is 44. The van der Waals surface area contributed by atoms with Gasteiger partial charge in [-0.3, -0.25) is 0 Å². The zero-order valence-corrected chi connectivity index (χ0v) is 59.7. The number of halogens is 2. The van der Waals surface area contributed by atoms with E-state index in [4.69, 9.17) is 15.9 Å². The van der Waals surface area contributed by atoms with Crippen molar-refractivity contribution in [2.45, 2.75) is 386 Å². The van der Waals surface area contributed by atoms with E-state index in [-0.39, 0.29) is 41.6 Å². The molecule has 0 N–H and O–H groups in total. The van der Waals surface area contributed by atoms with Crippen LogP contribution in [0.1, 0.15) is 395 Å². The Balaban J connectivity index is 1.24. The van der Waals surface area contributed by atoms with Gasteiger partial charge in [0.05, 0.1) is 0 Å². The van der Waals surface area contributed by atoms with Crippen LogP contribution >= 0.6 is 0 Å². The van der Waals surface area contributed by atoms with E-state index in [2.05, 4.69) is 53.7 Å². The summed E-state index contributed by atoms with van der Waals surface area (Å²) >= 11 is -0.614. The fourth-order valence-corrected chi connectivity index (χ4v) is 18.7. The predicted octanol–water partition coefficient (Wildman–Crippen LogP) is 25.5. The molecule has 0 aliphatic heterocycles. The molecule has 2 aliphatic carbocycles. The molecule has 0 bridgehead atoms. The molecule has 0 unspecified atom stereocenters. The summed E-state index contributed by atoms with van der Waals surface area (Å²) in [6.45, 7) is 13.6. The van der Waals surface area contributed by atoms with Crippen LogP contribution in [0.15, 0.2) is 12.1 Å². The smallest absolute Gasteiger partial charge is 0.0654 e. The Morgan fingerprint density at radius 3 is 0.698 bits per heavy atom. The van der Waals surface area contributed by atoms with Gasteiger partial charge in [0.1, 0.15) is 0 Å². The van der Waals surface area contributed by atoms with E-state index in [1.165, 1.54) is 257 Å². The number of rotatable bonds is 52. The summed E-state index contributed by atoms with van der Waals surface area (Å²) in [5, 5.41) is 0. The van der Waals surface area contributed by atoms with Gasteiger partial charge >= 0.3 is 361 Å². The van der Waals surface area contributed by atoms with Gasteiger partial charge in [-0.05, 0) is 0 Å². The molecule has 0 saturated heterocycles. The summed E-state index contributed by atoms with van der Waals surface area (Å²) in [5.41, 5.74) is 11.0. The molecule has 0 saturated carbocycles. The van der Waals surface area contributed by atoms with Crippen molar-refractivity contribution in [3.63, 3.8) is 0 Å². The third kappa shape index (κ3) is 19.4. The fourth-order valence-electron chi connectivity index (χ4n) is 16.1. The summed E-state index contributed by atoms with van der Waals surface area (Å²) < 4.78 is 60.4. The van der Waals surface area contributed by atoms with Crippen molar-refractivity contribution in [2.24, 2.45) is 0 Å². The first-order valence-electron chi connectivity index (χ1n) is 37.4. The van der Waals surface area contributed by atoms with Gasteiger partial charge in [0, 0.05) is 0 Å². The Hall–Kier alpha value is -2.24. The molecule has 7 rings (SSSR count). The van der Waals surface area contributed by atoms with Gasteiger partial charge in [-0.1, -0.05) is 182 Å². The van der Waals surface area contributed by atoms with Crippen molar-refractivity contribution in [2.75, 3.05) is 0 Å². The minimum Gasteiger partial charge on any atom is -0.0654 e. The molecule has 86 heavy (non-hydrogen) atoms. The van der Waals surface area contributed by atoms with Crippen molar-refractivity contribution in [3.05, 3.63) is 57.1 Å². The third-order valence-electron chi connectivity index (χ3n) is 21.2. The van der Waals surface area contributed by atoms with E-state index in [0.717, 1.165) is 132 Å². The number of hydrogen-bond donors (Lipinski definition) is 0. The molecule has 2 aliphatic rings. The van der Waals surface area contributed by atoms with Crippen LogP contribution in [0.3, 0.4) is 0 Å². The first-order valence-corrected chi connectivity index (χ1v) is 40.5. The molecule has 0 fully saturated rings. The molecule has 482 valence electrons. The molecule has 0 radical (unpaired) electrons. The Morgan fingerprint density at radius 1 is 0.279 bits per heavy atom. The Kier molecular flexibility index (Phi) is 33.0. The summed E-state index contributed by atoms with van der Waals surface area (Å²) in [6, 6.07) is 4.72. The summed E-state index contributed by atoms with van der Waals surface area (Å²) in [4.78, 5) is 0. The quantitative estimate of drug-likeness (QED) is 0.0288. The van der Waals surface area contributed by atoms with Crippen molar-refractivity contribution in [1.29, 1.82) is 0 Å². The standard InChI is InChI=1S/C78H124F2N4Se2/c1-7-11-15-19-23-27-31-35-39-43-47-51-55-77(56-52-48-44-40-36-32-28-24-20-16-12-8-2)63-59-61(5)73-75(83-85-81-73)65(63)67-69(77)71(79)68-66-64(60-62(6)74-76(66)84-86-82-74)78(70(68)72(67)80,57-53-49-45-41-37-33-29-25-21-17-13-9-3)58-54-50-46-42-38-34-30-26-22-18-14-10-4/h59-60H,7-58H2,1-6H3. The van der Waals surface area contributed by atoms with Crippen LogP contribution in [0.25, 0.3) is 44.3 Å². The molecule has 0 spiro atoms. The zero-order chi connectivity index (χ0) is 60.7. The molecule has 5 aromatic rings. The monoisotopic (exact) mass is 1310 g/mol. The molecular formula is C78H124F2N4Se2. The van der Waals surface area contributed by atoms with Crippen LogP contribution in [0.2, 0.25) is 0 Å². The Bertz CT molecular complexity index is 2450. The number of fused-ring (bicyclic) bond motifs is 10. The second kappa shape index (κ2) is 39.9. The molecule has 0 amide bonds. The van der Waals surface area contributed by atoms with Crippen LogP contribution in [0, 0.1) is 25.5 Å². The fraction of sp³-hybridized carbons (Fsp3) is 0.769. The summed E-state index contributed by atoms with van der Waals surface area (Å²) in [6.07, 6.45) is 64.9. The normalized spacial score (nSPS) is 13.9. The van der Waals surface area contributed by atoms with Crippen molar-refractivity contribution >= 4 is 52.0 Å². The van der Waals surface area contributed by atoms with Gasteiger partial charge in [0.2, 0.25) is 0 Å². The zero-order valence-electron chi connectivity index (χ0n) is 56.3. The van der Waals surface area contributed by atoms with Crippen molar-refractivity contribution < 1.29 is 8.78 Å².